The number of amides is 1. The van der Waals surface area contributed by atoms with E-state index < -0.39 is 0 Å². The topological polar surface area (TPSA) is 102 Å². The minimum Gasteiger partial charge on any atom is -0.348 e. The van der Waals surface area contributed by atoms with Crippen LogP contribution in [0.4, 0.5) is 5.82 Å². The Balaban J connectivity index is 1.37. The molecule has 9 heteroatoms. The number of benzene rings is 1. The van der Waals surface area contributed by atoms with Gasteiger partial charge in [-0.15, -0.1) is 10.2 Å². The van der Waals surface area contributed by atoms with E-state index in [2.05, 4.69) is 32.3 Å². The fourth-order valence-corrected chi connectivity index (χ4v) is 5.59. The standard InChI is InChI=1S/C28H30N8O/c1-2-8-23-27-34-32-18-35(27)24-17-30-25(33-26(24)36(23)21-11-6-7-12-21)22-13-14-29-15-20(22)16-31-28(37)19-9-4-3-5-10-19/h3-5,9-10,13-15,17-18,21,23H,2,6-8,11-12,16H2,1H3,(H,31,37)/t23-/m1/s1. The number of anilines is 1. The smallest absolute Gasteiger partial charge is 0.251 e. The highest BCUT2D eigenvalue weighted by atomic mass is 16.1. The molecule has 1 aliphatic carbocycles. The second-order valence-corrected chi connectivity index (χ2v) is 9.69. The van der Waals surface area contributed by atoms with Crippen molar-refractivity contribution in [2.45, 2.75) is 64.1 Å². The highest BCUT2D eigenvalue weighted by molar-refractivity contribution is 5.94. The molecule has 1 saturated carbocycles. The molecule has 1 aliphatic heterocycles. The van der Waals surface area contributed by atoms with Crippen LogP contribution in [0.1, 0.15) is 73.2 Å². The van der Waals surface area contributed by atoms with Crippen LogP contribution < -0.4 is 10.2 Å². The van der Waals surface area contributed by atoms with Gasteiger partial charge >= 0.3 is 0 Å². The van der Waals surface area contributed by atoms with Crippen LogP contribution in [0.5, 0.6) is 0 Å². The molecule has 6 rings (SSSR count). The maximum atomic E-state index is 12.7. The highest BCUT2D eigenvalue weighted by Crippen LogP contribution is 2.43. The molecule has 1 aromatic carbocycles. The molecule has 0 unspecified atom stereocenters. The third-order valence-corrected chi connectivity index (χ3v) is 7.36. The monoisotopic (exact) mass is 494 g/mol. The molecular weight excluding hydrogens is 464 g/mol. The molecule has 0 bridgehead atoms. The van der Waals surface area contributed by atoms with E-state index in [4.69, 9.17) is 9.97 Å². The molecule has 4 heterocycles. The average molecular weight is 495 g/mol. The third kappa shape index (κ3) is 4.34. The number of carbonyl (C=O) groups excluding carboxylic acids is 1. The quantitative estimate of drug-likeness (QED) is 0.399. The number of carbonyl (C=O) groups is 1. The SMILES string of the molecule is CCC[C@@H]1c2nncn2-c2cnc(-c3ccncc3CNC(=O)c3ccccc3)nc2N1C1CCCC1. The lowest BCUT2D eigenvalue weighted by Crippen LogP contribution is -2.42. The van der Waals surface area contributed by atoms with Crippen LogP contribution in [0.15, 0.2) is 61.3 Å². The van der Waals surface area contributed by atoms with E-state index in [1.807, 2.05) is 35.0 Å². The van der Waals surface area contributed by atoms with Crippen LogP contribution in [0.3, 0.4) is 0 Å². The Bertz CT molecular complexity index is 1400. The summed E-state index contributed by atoms with van der Waals surface area (Å²) in [5.41, 5.74) is 3.26. The molecule has 1 fully saturated rings. The van der Waals surface area contributed by atoms with Crippen LogP contribution in [0.25, 0.3) is 17.1 Å². The van der Waals surface area contributed by atoms with Crippen LogP contribution in [0, 0.1) is 0 Å². The Labute approximate surface area is 216 Å². The van der Waals surface area contributed by atoms with E-state index >= 15 is 0 Å². The number of fused-ring (bicyclic) bond motifs is 3. The van der Waals surface area contributed by atoms with E-state index in [9.17, 15) is 4.79 Å². The minimum atomic E-state index is -0.128. The van der Waals surface area contributed by atoms with Gasteiger partial charge in [-0.3, -0.25) is 14.3 Å². The van der Waals surface area contributed by atoms with Gasteiger partial charge in [0.1, 0.15) is 12.0 Å². The number of hydrogen-bond acceptors (Lipinski definition) is 7. The lowest BCUT2D eigenvalue weighted by Gasteiger charge is -2.41. The number of aromatic nitrogens is 6. The number of pyridine rings is 1. The highest BCUT2D eigenvalue weighted by Gasteiger charge is 2.39. The van der Waals surface area contributed by atoms with Gasteiger partial charge in [-0.1, -0.05) is 44.4 Å². The Morgan fingerprint density at radius 2 is 1.95 bits per heavy atom. The molecule has 188 valence electrons. The van der Waals surface area contributed by atoms with Gasteiger partial charge in [0.2, 0.25) is 0 Å². The van der Waals surface area contributed by atoms with Crippen LogP contribution >= 0.6 is 0 Å². The molecule has 0 spiro atoms. The van der Waals surface area contributed by atoms with Gasteiger partial charge in [-0.25, -0.2) is 9.97 Å². The zero-order valence-corrected chi connectivity index (χ0v) is 20.9. The average Bonchev–Trinajstić information content (AvgIpc) is 3.65. The van der Waals surface area contributed by atoms with Crippen molar-refractivity contribution in [2.24, 2.45) is 0 Å². The zero-order valence-electron chi connectivity index (χ0n) is 20.9. The van der Waals surface area contributed by atoms with E-state index in [-0.39, 0.29) is 11.9 Å². The van der Waals surface area contributed by atoms with E-state index in [0.717, 1.165) is 54.1 Å². The van der Waals surface area contributed by atoms with Crippen LogP contribution in [-0.4, -0.2) is 41.7 Å². The normalized spacial score (nSPS) is 16.9. The summed E-state index contributed by atoms with van der Waals surface area (Å²) in [5, 5.41) is 11.8. The third-order valence-electron chi connectivity index (χ3n) is 7.36. The first kappa shape index (κ1) is 23.3. The van der Waals surface area contributed by atoms with Crippen molar-refractivity contribution in [1.82, 2.24) is 35.0 Å². The summed E-state index contributed by atoms with van der Waals surface area (Å²) < 4.78 is 2.04. The van der Waals surface area contributed by atoms with Crippen molar-refractivity contribution >= 4 is 11.7 Å². The molecule has 1 amide bonds. The molecule has 0 saturated heterocycles. The molecule has 37 heavy (non-hydrogen) atoms. The predicted molar refractivity (Wildman–Crippen MR) is 140 cm³/mol. The van der Waals surface area contributed by atoms with Gasteiger partial charge in [-0.2, -0.15) is 0 Å². The first-order chi connectivity index (χ1) is 18.2. The van der Waals surface area contributed by atoms with Crippen molar-refractivity contribution in [2.75, 3.05) is 4.90 Å². The molecule has 1 N–H and O–H groups in total. The number of hydrogen-bond donors (Lipinski definition) is 1. The molecular formula is C28H30N8O. The second-order valence-electron chi connectivity index (χ2n) is 9.69. The van der Waals surface area contributed by atoms with Crippen molar-refractivity contribution in [3.63, 3.8) is 0 Å². The van der Waals surface area contributed by atoms with Gasteiger partial charge in [-0.05, 0) is 37.5 Å². The molecule has 2 aliphatic rings. The van der Waals surface area contributed by atoms with E-state index in [1.54, 1.807) is 30.9 Å². The van der Waals surface area contributed by atoms with Crippen LogP contribution in [0.2, 0.25) is 0 Å². The maximum absolute atomic E-state index is 12.7. The van der Waals surface area contributed by atoms with Gasteiger partial charge in [0.15, 0.2) is 17.5 Å². The molecule has 3 aromatic heterocycles. The molecule has 9 nitrogen and oxygen atoms in total. The first-order valence-electron chi connectivity index (χ1n) is 13.1. The lowest BCUT2D eigenvalue weighted by molar-refractivity contribution is 0.0951. The van der Waals surface area contributed by atoms with Crippen LogP contribution in [-0.2, 0) is 6.54 Å². The zero-order chi connectivity index (χ0) is 25.2. The summed E-state index contributed by atoms with van der Waals surface area (Å²) >= 11 is 0. The first-order valence-corrected chi connectivity index (χ1v) is 13.1. The number of nitrogens with zero attached hydrogens (tertiary/aromatic N) is 7. The predicted octanol–water partition coefficient (Wildman–Crippen LogP) is 4.65. The Kier molecular flexibility index (Phi) is 6.34. The second kappa shape index (κ2) is 10.1. The number of nitrogens with one attached hydrogen (secondary N) is 1. The van der Waals surface area contributed by atoms with Gasteiger partial charge < -0.3 is 10.2 Å². The van der Waals surface area contributed by atoms with Crippen molar-refractivity contribution < 1.29 is 4.79 Å². The summed E-state index contributed by atoms with van der Waals surface area (Å²) in [4.78, 5) is 29.4. The fraction of sp³-hybridized carbons (Fsp3) is 0.357. The van der Waals surface area contributed by atoms with E-state index in [1.165, 1.54) is 12.8 Å². The van der Waals surface area contributed by atoms with Crippen molar-refractivity contribution in [3.8, 4) is 17.1 Å². The molecule has 1 atom stereocenters. The summed E-state index contributed by atoms with van der Waals surface area (Å²) in [6.07, 6.45) is 14.0. The molecule has 4 aromatic rings. The van der Waals surface area contributed by atoms with Crippen molar-refractivity contribution in [3.05, 3.63) is 78.3 Å². The fourth-order valence-electron chi connectivity index (χ4n) is 5.59. The summed E-state index contributed by atoms with van der Waals surface area (Å²) in [5.74, 6) is 2.39. The molecule has 0 radical (unpaired) electrons. The van der Waals surface area contributed by atoms with Gasteiger partial charge in [0.05, 0.1) is 12.2 Å². The Morgan fingerprint density at radius 1 is 1.11 bits per heavy atom. The largest absolute Gasteiger partial charge is 0.348 e. The minimum absolute atomic E-state index is 0.128. The lowest BCUT2D eigenvalue weighted by atomic mass is 10.0. The van der Waals surface area contributed by atoms with E-state index in [0.29, 0.717) is 24.0 Å². The summed E-state index contributed by atoms with van der Waals surface area (Å²) in [7, 11) is 0. The maximum Gasteiger partial charge on any atom is 0.251 e. The van der Waals surface area contributed by atoms with Gasteiger partial charge in [0, 0.05) is 41.7 Å². The van der Waals surface area contributed by atoms with Gasteiger partial charge in [0.25, 0.3) is 5.91 Å². The number of rotatable bonds is 7. The Morgan fingerprint density at radius 3 is 2.76 bits per heavy atom. The summed E-state index contributed by atoms with van der Waals surface area (Å²) in [6.45, 7) is 2.54. The summed E-state index contributed by atoms with van der Waals surface area (Å²) in [6, 6.07) is 11.7. The Hall–Kier alpha value is -4.14. The van der Waals surface area contributed by atoms with Crippen molar-refractivity contribution in [1.29, 1.82) is 0 Å².